The van der Waals surface area contributed by atoms with Gasteiger partial charge in [-0.05, 0) is 22.6 Å². The summed E-state index contributed by atoms with van der Waals surface area (Å²) >= 11 is 1.65. The molecule has 1 heterocycles. The van der Waals surface area contributed by atoms with Crippen LogP contribution in [0.2, 0.25) is 0 Å². The first-order chi connectivity index (χ1) is 6.61. The van der Waals surface area contributed by atoms with E-state index in [0.717, 1.165) is 6.20 Å². The highest BCUT2D eigenvalue weighted by Crippen LogP contribution is 2.28. The van der Waals surface area contributed by atoms with Gasteiger partial charge >= 0.3 is 0 Å². The van der Waals surface area contributed by atoms with Crippen LogP contribution in [-0.4, -0.2) is 11.3 Å². The molecule has 14 heavy (non-hydrogen) atoms. The average Bonchev–Trinajstić information content (AvgIpc) is 2.16. The van der Waals surface area contributed by atoms with Crippen molar-refractivity contribution in [2.24, 2.45) is 0 Å². The standard InChI is InChI=1S/C8H3F2IN2O/c9-8(10)7-4(1-12)6(3-14)13-2-5(7)11/h2-3,8H. The molecule has 0 saturated heterocycles. The first-order valence-electron chi connectivity index (χ1n) is 3.43. The van der Waals surface area contributed by atoms with Crippen LogP contribution in [0.3, 0.4) is 0 Å². The first-order valence-corrected chi connectivity index (χ1v) is 4.51. The summed E-state index contributed by atoms with van der Waals surface area (Å²) in [5, 5.41) is 8.62. The number of carbonyl (C=O) groups is 1. The number of nitrogens with zero attached hydrogens (tertiary/aromatic N) is 2. The summed E-state index contributed by atoms with van der Waals surface area (Å²) < 4.78 is 25.2. The normalized spacial score (nSPS) is 9.93. The van der Waals surface area contributed by atoms with Crippen LogP contribution in [0, 0.1) is 14.9 Å². The fraction of sp³-hybridized carbons (Fsp3) is 0.125. The van der Waals surface area contributed by atoms with Crippen LogP contribution >= 0.6 is 22.6 Å². The Morgan fingerprint density at radius 1 is 1.64 bits per heavy atom. The summed E-state index contributed by atoms with van der Waals surface area (Å²) in [5.74, 6) is 0. The number of aldehydes is 1. The molecule has 0 unspecified atom stereocenters. The molecule has 0 spiro atoms. The summed E-state index contributed by atoms with van der Waals surface area (Å²) in [6.45, 7) is 0. The van der Waals surface area contributed by atoms with Crippen LogP contribution in [0.4, 0.5) is 8.78 Å². The minimum Gasteiger partial charge on any atom is -0.296 e. The molecule has 0 aliphatic rings. The van der Waals surface area contributed by atoms with Gasteiger partial charge in [-0.1, -0.05) is 0 Å². The van der Waals surface area contributed by atoms with E-state index in [0.29, 0.717) is 6.29 Å². The number of carbonyl (C=O) groups excluding carboxylic acids is 1. The van der Waals surface area contributed by atoms with Gasteiger partial charge in [0.15, 0.2) is 6.29 Å². The third-order valence-electron chi connectivity index (χ3n) is 1.54. The van der Waals surface area contributed by atoms with Crippen molar-refractivity contribution in [2.75, 3.05) is 0 Å². The maximum absolute atomic E-state index is 12.5. The molecule has 0 aromatic carbocycles. The molecule has 0 atom stereocenters. The second kappa shape index (κ2) is 4.41. The zero-order valence-electron chi connectivity index (χ0n) is 6.67. The van der Waals surface area contributed by atoms with E-state index in [4.69, 9.17) is 5.26 Å². The molecule has 0 aliphatic heterocycles. The third-order valence-corrected chi connectivity index (χ3v) is 2.40. The molecule has 0 amide bonds. The molecule has 1 aromatic heterocycles. The number of rotatable bonds is 2. The number of hydrogen-bond donors (Lipinski definition) is 0. The van der Waals surface area contributed by atoms with E-state index in [1.165, 1.54) is 0 Å². The predicted octanol–water partition coefficient (Wildman–Crippen LogP) is 2.31. The Balaban J connectivity index is 3.52. The molecule has 0 saturated carbocycles. The van der Waals surface area contributed by atoms with Crippen molar-refractivity contribution in [1.29, 1.82) is 5.26 Å². The summed E-state index contributed by atoms with van der Waals surface area (Å²) in [6.07, 6.45) is -1.34. The highest BCUT2D eigenvalue weighted by atomic mass is 127. The van der Waals surface area contributed by atoms with Crippen molar-refractivity contribution in [2.45, 2.75) is 6.43 Å². The quantitative estimate of drug-likeness (QED) is 0.622. The van der Waals surface area contributed by atoms with Gasteiger partial charge in [0.2, 0.25) is 0 Å². The second-order valence-corrected chi connectivity index (χ2v) is 3.47. The summed E-state index contributed by atoms with van der Waals surface area (Å²) in [4.78, 5) is 14.0. The van der Waals surface area contributed by atoms with E-state index >= 15 is 0 Å². The number of hydrogen-bond acceptors (Lipinski definition) is 3. The van der Waals surface area contributed by atoms with Crippen LogP contribution in [-0.2, 0) is 0 Å². The molecular formula is C8H3F2IN2O. The molecular weight excluding hydrogens is 305 g/mol. The fourth-order valence-electron chi connectivity index (χ4n) is 0.938. The largest absolute Gasteiger partial charge is 0.296 e. The maximum atomic E-state index is 12.5. The lowest BCUT2D eigenvalue weighted by Crippen LogP contribution is -2.02. The van der Waals surface area contributed by atoms with E-state index in [9.17, 15) is 13.6 Å². The van der Waals surface area contributed by atoms with Crippen molar-refractivity contribution < 1.29 is 13.6 Å². The molecule has 0 fully saturated rings. The zero-order chi connectivity index (χ0) is 10.7. The Hall–Kier alpha value is -1.10. The lowest BCUT2D eigenvalue weighted by atomic mass is 10.1. The average molecular weight is 308 g/mol. The SMILES string of the molecule is N#Cc1c(C=O)ncc(I)c1C(F)F. The van der Waals surface area contributed by atoms with Gasteiger partial charge in [-0.25, -0.2) is 8.78 Å². The van der Waals surface area contributed by atoms with Crippen molar-refractivity contribution >= 4 is 28.9 Å². The smallest absolute Gasteiger partial charge is 0.266 e. The van der Waals surface area contributed by atoms with Gasteiger partial charge in [0.05, 0.1) is 11.1 Å². The summed E-state index contributed by atoms with van der Waals surface area (Å²) in [5.41, 5.74) is -1.02. The molecule has 0 radical (unpaired) electrons. The van der Waals surface area contributed by atoms with Gasteiger partial charge in [-0.2, -0.15) is 5.26 Å². The molecule has 0 N–H and O–H groups in total. The second-order valence-electron chi connectivity index (χ2n) is 2.31. The van der Waals surface area contributed by atoms with Gasteiger partial charge in [-0.3, -0.25) is 9.78 Å². The van der Waals surface area contributed by atoms with Gasteiger partial charge in [0.1, 0.15) is 11.8 Å². The molecule has 6 heteroatoms. The van der Waals surface area contributed by atoms with Crippen LogP contribution in [0.15, 0.2) is 6.20 Å². The lowest BCUT2D eigenvalue weighted by Gasteiger charge is -2.05. The van der Waals surface area contributed by atoms with Gasteiger partial charge in [-0.15, -0.1) is 0 Å². The van der Waals surface area contributed by atoms with Gasteiger partial charge in [0.25, 0.3) is 6.43 Å². The minimum atomic E-state index is -2.78. The molecule has 3 nitrogen and oxygen atoms in total. The number of nitriles is 1. The highest BCUT2D eigenvalue weighted by molar-refractivity contribution is 14.1. The Labute approximate surface area is 91.9 Å². The molecule has 0 bridgehead atoms. The predicted molar refractivity (Wildman–Crippen MR) is 52.0 cm³/mol. The summed E-state index contributed by atoms with van der Waals surface area (Å²) in [6, 6.07) is 1.56. The molecule has 72 valence electrons. The van der Waals surface area contributed by atoms with E-state index in [-0.39, 0.29) is 14.8 Å². The van der Waals surface area contributed by atoms with Crippen LogP contribution in [0.5, 0.6) is 0 Å². The molecule has 0 aliphatic carbocycles. The zero-order valence-corrected chi connectivity index (χ0v) is 8.83. The monoisotopic (exact) mass is 308 g/mol. The maximum Gasteiger partial charge on any atom is 0.266 e. The number of halogens is 3. The van der Waals surface area contributed by atoms with Crippen molar-refractivity contribution in [1.82, 2.24) is 4.98 Å². The van der Waals surface area contributed by atoms with E-state index < -0.39 is 12.0 Å². The fourth-order valence-corrected chi connectivity index (χ4v) is 1.58. The van der Waals surface area contributed by atoms with Gasteiger partial charge < -0.3 is 0 Å². The Kier molecular flexibility index (Phi) is 3.46. The van der Waals surface area contributed by atoms with Crippen molar-refractivity contribution in [3.63, 3.8) is 0 Å². The van der Waals surface area contributed by atoms with E-state index in [2.05, 4.69) is 4.98 Å². The lowest BCUT2D eigenvalue weighted by molar-refractivity contribution is 0.111. The Bertz CT molecular complexity index is 415. The van der Waals surface area contributed by atoms with Crippen molar-refractivity contribution in [3.8, 4) is 6.07 Å². The van der Waals surface area contributed by atoms with Gasteiger partial charge in [0, 0.05) is 9.77 Å². The Morgan fingerprint density at radius 2 is 2.29 bits per heavy atom. The molecule has 1 aromatic rings. The number of pyridine rings is 1. The number of aromatic nitrogens is 1. The van der Waals surface area contributed by atoms with Crippen LogP contribution in [0.25, 0.3) is 0 Å². The molecule has 1 rings (SSSR count). The van der Waals surface area contributed by atoms with E-state index in [1.54, 1.807) is 28.7 Å². The van der Waals surface area contributed by atoms with E-state index in [1.807, 2.05) is 0 Å². The highest BCUT2D eigenvalue weighted by Gasteiger charge is 2.20. The topological polar surface area (TPSA) is 53.8 Å². The number of alkyl halides is 2. The first kappa shape index (κ1) is 11.0. The van der Waals surface area contributed by atoms with Crippen LogP contribution in [0.1, 0.15) is 28.0 Å². The third kappa shape index (κ3) is 1.87. The van der Waals surface area contributed by atoms with Crippen molar-refractivity contribution in [3.05, 3.63) is 26.6 Å². The van der Waals surface area contributed by atoms with Crippen LogP contribution < -0.4 is 0 Å². The Morgan fingerprint density at radius 3 is 2.71 bits per heavy atom. The summed E-state index contributed by atoms with van der Waals surface area (Å²) in [7, 11) is 0. The minimum absolute atomic E-state index is 0.180.